The van der Waals surface area contributed by atoms with E-state index in [2.05, 4.69) is 4.90 Å². The Bertz CT molecular complexity index is 1230. The SMILES string of the molecule is CCOC(=O)N1CCCC2CC(N3CCC4(CC3)CN(C(=O)Oc3ccc(F)cc3)c3ccc(F)cc34)CC21. The van der Waals surface area contributed by atoms with Gasteiger partial charge in [-0.1, -0.05) is 0 Å². The molecule has 2 aromatic rings. The molecule has 0 aromatic heterocycles. The molecule has 6 rings (SSSR count). The van der Waals surface area contributed by atoms with Crippen molar-refractivity contribution in [3.8, 4) is 5.75 Å². The van der Waals surface area contributed by atoms with Crippen LogP contribution in [0.25, 0.3) is 0 Å². The summed E-state index contributed by atoms with van der Waals surface area (Å²) in [7, 11) is 0. The molecule has 3 heterocycles. The first kappa shape index (κ1) is 26.0. The van der Waals surface area contributed by atoms with E-state index in [1.165, 1.54) is 30.3 Å². The normalized spacial score (nSPS) is 25.9. The van der Waals surface area contributed by atoms with Crippen molar-refractivity contribution < 1.29 is 27.8 Å². The highest BCUT2D eigenvalue weighted by molar-refractivity contribution is 5.92. The summed E-state index contributed by atoms with van der Waals surface area (Å²) in [4.78, 5) is 31.8. The molecule has 1 saturated carbocycles. The molecule has 0 radical (unpaired) electrons. The van der Waals surface area contributed by atoms with Crippen molar-refractivity contribution in [1.82, 2.24) is 9.80 Å². The van der Waals surface area contributed by atoms with Crippen LogP contribution in [0.2, 0.25) is 0 Å². The zero-order chi connectivity index (χ0) is 27.1. The van der Waals surface area contributed by atoms with Crippen LogP contribution in [0.15, 0.2) is 42.5 Å². The van der Waals surface area contributed by atoms with E-state index in [4.69, 9.17) is 9.47 Å². The van der Waals surface area contributed by atoms with Gasteiger partial charge in [0.1, 0.15) is 17.4 Å². The molecule has 2 aromatic carbocycles. The Morgan fingerprint density at radius 2 is 1.72 bits per heavy atom. The van der Waals surface area contributed by atoms with E-state index in [9.17, 15) is 18.4 Å². The van der Waals surface area contributed by atoms with Crippen molar-refractivity contribution >= 4 is 17.9 Å². The van der Waals surface area contributed by atoms with Gasteiger partial charge in [0.05, 0.1) is 12.3 Å². The largest absolute Gasteiger partial charge is 0.450 e. The number of carbonyl (C=O) groups excluding carboxylic acids is 2. The maximum Gasteiger partial charge on any atom is 0.419 e. The van der Waals surface area contributed by atoms with E-state index < -0.39 is 11.9 Å². The first-order chi connectivity index (χ1) is 18.9. The van der Waals surface area contributed by atoms with Gasteiger partial charge in [0, 0.05) is 30.6 Å². The standard InChI is InChI=1S/C30H35F2N3O4/c1-2-38-28(36)34-13-3-4-20-16-23(18-27(20)34)33-14-11-30(12-15-33)19-35(26-10-7-22(32)17-25(26)30)29(37)39-24-8-5-21(31)6-9-24/h5-10,17,20,23,27H,2-4,11-16,18-19H2,1H3. The number of anilines is 1. The predicted octanol–water partition coefficient (Wildman–Crippen LogP) is 5.72. The molecule has 2 saturated heterocycles. The molecule has 3 fully saturated rings. The zero-order valence-electron chi connectivity index (χ0n) is 22.3. The van der Waals surface area contributed by atoms with Crippen molar-refractivity contribution in [2.45, 2.75) is 62.9 Å². The average molecular weight is 540 g/mol. The fraction of sp³-hybridized carbons (Fsp3) is 0.533. The minimum atomic E-state index is -0.548. The van der Waals surface area contributed by atoms with Crippen LogP contribution in [-0.2, 0) is 10.2 Å². The summed E-state index contributed by atoms with van der Waals surface area (Å²) >= 11 is 0. The molecule has 7 nitrogen and oxygen atoms in total. The third kappa shape index (κ3) is 4.86. The van der Waals surface area contributed by atoms with Crippen LogP contribution in [0.5, 0.6) is 5.75 Å². The Labute approximate surface area is 227 Å². The Hall–Kier alpha value is -3.20. The van der Waals surface area contributed by atoms with E-state index in [1.54, 1.807) is 17.0 Å². The zero-order valence-corrected chi connectivity index (χ0v) is 22.3. The van der Waals surface area contributed by atoms with Crippen molar-refractivity contribution in [2.24, 2.45) is 5.92 Å². The van der Waals surface area contributed by atoms with Crippen LogP contribution in [-0.4, -0.2) is 66.9 Å². The molecule has 4 aliphatic rings. The molecule has 0 bridgehead atoms. The Balaban J connectivity index is 1.15. The maximum atomic E-state index is 14.4. The number of halogens is 2. The Kier molecular flexibility index (Phi) is 6.95. The van der Waals surface area contributed by atoms with Gasteiger partial charge in [-0.2, -0.15) is 0 Å². The summed E-state index contributed by atoms with van der Waals surface area (Å²) in [6, 6.07) is 10.6. The highest BCUT2D eigenvalue weighted by atomic mass is 19.1. The average Bonchev–Trinajstić information content (AvgIpc) is 3.50. The summed E-state index contributed by atoms with van der Waals surface area (Å²) in [6.07, 6.45) is 5.06. The van der Waals surface area contributed by atoms with Gasteiger partial charge in [-0.15, -0.1) is 0 Å². The summed E-state index contributed by atoms with van der Waals surface area (Å²) in [6.45, 7) is 5.12. The van der Waals surface area contributed by atoms with E-state index in [0.29, 0.717) is 30.8 Å². The fourth-order valence-corrected chi connectivity index (χ4v) is 7.39. The smallest absolute Gasteiger partial charge is 0.419 e. The minimum absolute atomic E-state index is 0.192. The monoisotopic (exact) mass is 539 g/mol. The molecule has 3 aliphatic heterocycles. The minimum Gasteiger partial charge on any atom is -0.450 e. The quantitative estimate of drug-likeness (QED) is 0.500. The van der Waals surface area contributed by atoms with Gasteiger partial charge in [0.2, 0.25) is 0 Å². The summed E-state index contributed by atoms with van der Waals surface area (Å²) in [5.74, 6) is 0.0447. The predicted molar refractivity (Wildman–Crippen MR) is 142 cm³/mol. The van der Waals surface area contributed by atoms with Crippen molar-refractivity contribution in [2.75, 3.05) is 37.7 Å². The second-order valence-corrected chi connectivity index (χ2v) is 11.4. The molecule has 1 spiro atoms. The van der Waals surface area contributed by atoms with Gasteiger partial charge < -0.3 is 19.3 Å². The molecule has 3 unspecified atom stereocenters. The number of benzene rings is 2. The topological polar surface area (TPSA) is 62.3 Å². The van der Waals surface area contributed by atoms with E-state index in [0.717, 1.165) is 63.7 Å². The second-order valence-electron chi connectivity index (χ2n) is 11.4. The lowest BCUT2D eigenvalue weighted by Crippen LogP contribution is -2.49. The number of ether oxygens (including phenoxy) is 2. The molecule has 3 atom stereocenters. The van der Waals surface area contributed by atoms with Crippen LogP contribution in [0, 0.1) is 17.6 Å². The number of piperidine rings is 2. The molecule has 1 aliphatic carbocycles. The maximum absolute atomic E-state index is 14.4. The number of fused-ring (bicyclic) bond motifs is 3. The lowest BCUT2D eigenvalue weighted by atomic mass is 9.74. The van der Waals surface area contributed by atoms with Crippen molar-refractivity contribution in [1.29, 1.82) is 0 Å². The molecule has 2 amide bonds. The van der Waals surface area contributed by atoms with Crippen LogP contribution in [0.1, 0.15) is 51.0 Å². The fourth-order valence-electron chi connectivity index (χ4n) is 7.39. The van der Waals surface area contributed by atoms with Crippen molar-refractivity contribution in [3.63, 3.8) is 0 Å². The first-order valence-electron chi connectivity index (χ1n) is 14.1. The van der Waals surface area contributed by atoms with E-state index in [-0.39, 0.29) is 29.1 Å². The van der Waals surface area contributed by atoms with Crippen LogP contribution < -0.4 is 9.64 Å². The summed E-state index contributed by atoms with van der Waals surface area (Å²) in [5, 5.41) is 0. The molecular weight excluding hydrogens is 504 g/mol. The highest BCUT2D eigenvalue weighted by Crippen LogP contribution is 2.49. The van der Waals surface area contributed by atoms with Gasteiger partial charge in [-0.25, -0.2) is 18.4 Å². The lowest BCUT2D eigenvalue weighted by Gasteiger charge is -2.42. The van der Waals surface area contributed by atoms with Gasteiger partial charge in [-0.3, -0.25) is 4.90 Å². The molecule has 39 heavy (non-hydrogen) atoms. The summed E-state index contributed by atoms with van der Waals surface area (Å²) < 4.78 is 38.6. The third-order valence-electron chi connectivity index (χ3n) is 9.30. The molecule has 0 N–H and O–H groups in total. The third-order valence-corrected chi connectivity index (χ3v) is 9.30. The van der Waals surface area contributed by atoms with Crippen LogP contribution in [0.3, 0.4) is 0 Å². The number of rotatable bonds is 3. The summed E-state index contributed by atoms with van der Waals surface area (Å²) in [5.41, 5.74) is 1.18. The van der Waals surface area contributed by atoms with Gasteiger partial charge in [0.15, 0.2) is 0 Å². The van der Waals surface area contributed by atoms with Crippen LogP contribution >= 0.6 is 0 Å². The number of amides is 2. The van der Waals surface area contributed by atoms with Gasteiger partial charge in [0.25, 0.3) is 0 Å². The van der Waals surface area contributed by atoms with Gasteiger partial charge in [-0.05, 0) is 112 Å². The first-order valence-corrected chi connectivity index (χ1v) is 14.1. The number of nitrogens with zero attached hydrogens (tertiary/aromatic N) is 3. The van der Waals surface area contributed by atoms with Gasteiger partial charge >= 0.3 is 12.2 Å². The molecule has 9 heteroatoms. The number of carbonyl (C=O) groups is 2. The number of hydrogen-bond donors (Lipinski definition) is 0. The number of hydrogen-bond acceptors (Lipinski definition) is 5. The highest BCUT2D eigenvalue weighted by Gasteiger charge is 2.50. The number of likely N-dealkylation sites (tertiary alicyclic amines) is 2. The molecular formula is C30H35F2N3O4. The van der Waals surface area contributed by atoms with Crippen molar-refractivity contribution in [3.05, 3.63) is 59.7 Å². The van der Waals surface area contributed by atoms with E-state index >= 15 is 0 Å². The second kappa shape index (κ2) is 10.4. The Morgan fingerprint density at radius 3 is 2.46 bits per heavy atom. The lowest BCUT2D eigenvalue weighted by molar-refractivity contribution is 0.0634. The molecule has 208 valence electrons. The van der Waals surface area contributed by atoms with E-state index in [1.807, 2.05) is 11.8 Å². The Morgan fingerprint density at radius 1 is 0.974 bits per heavy atom. The van der Waals surface area contributed by atoms with Crippen LogP contribution in [0.4, 0.5) is 24.1 Å².